The van der Waals surface area contributed by atoms with Crippen molar-refractivity contribution in [2.75, 3.05) is 18.5 Å². The minimum Gasteiger partial charge on any atom is -0.395 e. The van der Waals surface area contributed by atoms with Gasteiger partial charge in [0.1, 0.15) is 0 Å². The number of aliphatic hydroxyl groups is 1. The van der Waals surface area contributed by atoms with Crippen molar-refractivity contribution in [3.05, 3.63) is 11.1 Å². The van der Waals surface area contributed by atoms with E-state index in [1.54, 1.807) is 0 Å². The Morgan fingerprint density at radius 3 is 2.90 bits per heavy atom. The van der Waals surface area contributed by atoms with Gasteiger partial charge in [-0.05, 0) is 12.8 Å². The predicted octanol–water partition coefficient (Wildman–Crippen LogP) is 2.23. The summed E-state index contributed by atoms with van der Waals surface area (Å²) in [5.74, 6) is -0.0922. The van der Waals surface area contributed by atoms with Gasteiger partial charge in [0, 0.05) is 31.4 Å². The number of aliphatic hydroxyl groups excluding tert-OH is 1. The molecule has 1 heterocycles. The summed E-state index contributed by atoms with van der Waals surface area (Å²) in [7, 11) is 0. The summed E-state index contributed by atoms with van der Waals surface area (Å²) in [6.45, 7) is 3.11. The Hall–Kier alpha value is -0.980. The number of aromatic nitrogens is 1. The fraction of sp³-hybridized carbons (Fsp3) is 0.714. The standard InChI is InChI=1S/C14H23N3O2S/c1-11(19)15-14-16-12(10-20-14)9-17(7-8-18)13-5-3-2-4-6-13/h10,13,18H,2-9H2,1H3,(H,15,16,19). The van der Waals surface area contributed by atoms with Crippen LogP contribution in [0.25, 0.3) is 0 Å². The van der Waals surface area contributed by atoms with Crippen LogP contribution in [0.1, 0.15) is 44.7 Å². The molecule has 1 aliphatic carbocycles. The molecule has 5 nitrogen and oxygen atoms in total. The van der Waals surface area contributed by atoms with Crippen LogP contribution in [0.2, 0.25) is 0 Å². The summed E-state index contributed by atoms with van der Waals surface area (Å²) in [6, 6.07) is 0.557. The summed E-state index contributed by atoms with van der Waals surface area (Å²) in [6.07, 6.45) is 6.31. The van der Waals surface area contributed by atoms with Gasteiger partial charge in [0.2, 0.25) is 5.91 Å². The number of carbonyl (C=O) groups excluding carboxylic acids is 1. The molecule has 0 bridgehead atoms. The Bertz CT molecular complexity index is 430. The summed E-state index contributed by atoms with van der Waals surface area (Å²) >= 11 is 1.45. The number of nitrogens with zero attached hydrogens (tertiary/aromatic N) is 2. The maximum atomic E-state index is 11.0. The van der Waals surface area contributed by atoms with Gasteiger partial charge in [-0.3, -0.25) is 9.69 Å². The molecule has 0 spiro atoms. The molecule has 1 amide bonds. The molecule has 0 atom stereocenters. The lowest BCUT2D eigenvalue weighted by Gasteiger charge is -2.33. The fourth-order valence-electron chi connectivity index (χ4n) is 2.76. The van der Waals surface area contributed by atoms with Crippen LogP contribution in [0.5, 0.6) is 0 Å². The Labute approximate surface area is 124 Å². The Morgan fingerprint density at radius 1 is 1.50 bits per heavy atom. The SMILES string of the molecule is CC(=O)Nc1nc(CN(CCO)C2CCCCC2)cs1. The van der Waals surface area contributed by atoms with Crippen molar-refractivity contribution >= 4 is 22.4 Å². The summed E-state index contributed by atoms with van der Waals surface area (Å²) in [5, 5.41) is 14.6. The lowest BCUT2D eigenvalue weighted by molar-refractivity contribution is -0.114. The van der Waals surface area contributed by atoms with Crippen molar-refractivity contribution in [2.45, 2.75) is 51.6 Å². The van der Waals surface area contributed by atoms with Crippen molar-refractivity contribution in [1.29, 1.82) is 0 Å². The average Bonchev–Trinajstić information content (AvgIpc) is 2.86. The van der Waals surface area contributed by atoms with Crippen molar-refractivity contribution in [2.24, 2.45) is 0 Å². The third kappa shape index (κ3) is 4.54. The second-order valence-electron chi connectivity index (χ2n) is 5.31. The molecule has 0 aromatic carbocycles. The molecule has 1 saturated carbocycles. The zero-order valence-corrected chi connectivity index (χ0v) is 12.8. The van der Waals surface area contributed by atoms with E-state index in [1.807, 2.05) is 5.38 Å². The maximum absolute atomic E-state index is 11.0. The molecular weight excluding hydrogens is 274 g/mol. The van der Waals surface area contributed by atoms with Crippen molar-refractivity contribution in [1.82, 2.24) is 9.88 Å². The Kier molecular flexibility index (Phi) is 5.94. The molecule has 112 valence electrons. The first-order chi connectivity index (χ1) is 9.69. The molecule has 20 heavy (non-hydrogen) atoms. The number of hydrogen-bond donors (Lipinski definition) is 2. The predicted molar refractivity (Wildman–Crippen MR) is 80.8 cm³/mol. The first-order valence-electron chi connectivity index (χ1n) is 7.26. The number of anilines is 1. The molecule has 6 heteroatoms. The minimum absolute atomic E-state index is 0.0922. The number of hydrogen-bond acceptors (Lipinski definition) is 5. The molecule has 0 unspecified atom stereocenters. The van der Waals surface area contributed by atoms with Crippen LogP contribution in [0.3, 0.4) is 0 Å². The number of thiazole rings is 1. The van der Waals surface area contributed by atoms with Gasteiger partial charge >= 0.3 is 0 Å². The summed E-state index contributed by atoms with van der Waals surface area (Å²) in [4.78, 5) is 17.8. The van der Waals surface area contributed by atoms with Gasteiger partial charge in [0.05, 0.1) is 12.3 Å². The zero-order valence-electron chi connectivity index (χ0n) is 12.0. The van der Waals surface area contributed by atoms with E-state index in [1.165, 1.54) is 50.4 Å². The van der Waals surface area contributed by atoms with Crippen molar-refractivity contribution in [3.63, 3.8) is 0 Å². The van der Waals surface area contributed by atoms with Gasteiger partial charge in [-0.25, -0.2) is 4.98 Å². The number of carbonyl (C=O) groups is 1. The third-order valence-electron chi connectivity index (χ3n) is 3.68. The van der Waals surface area contributed by atoms with E-state index in [9.17, 15) is 9.90 Å². The summed E-state index contributed by atoms with van der Waals surface area (Å²) < 4.78 is 0. The molecular formula is C14H23N3O2S. The normalized spacial score (nSPS) is 16.6. The molecule has 2 N–H and O–H groups in total. The number of rotatable bonds is 6. The van der Waals surface area contributed by atoms with Gasteiger partial charge in [-0.15, -0.1) is 11.3 Å². The lowest BCUT2D eigenvalue weighted by Crippen LogP contribution is -2.38. The van der Waals surface area contributed by atoms with Gasteiger partial charge in [0.25, 0.3) is 0 Å². The van der Waals surface area contributed by atoms with Gasteiger partial charge in [-0.1, -0.05) is 19.3 Å². The van der Waals surface area contributed by atoms with E-state index in [4.69, 9.17) is 0 Å². The van der Waals surface area contributed by atoms with Gasteiger partial charge < -0.3 is 10.4 Å². The first-order valence-corrected chi connectivity index (χ1v) is 8.14. The largest absolute Gasteiger partial charge is 0.395 e. The van der Waals surface area contributed by atoms with E-state index < -0.39 is 0 Å². The Morgan fingerprint density at radius 2 is 2.25 bits per heavy atom. The van der Waals surface area contributed by atoms with Gasteiger partial charge in [0.15, 0.2) is 5.13 Å². The van der Waals surface area contributed by atoms with Crippen LogP contribution in [0.4, 0.5) is 5.13 Å². The fourth-order valence-corrected chi connectivity index (χ4v) is 3.51. The molecule has 2 rings (SSSR count). The molecule has 1 aliphatic rings. The van der Waals surface area contributed by atoms with E-state index in [0.29, 0.717) is 17.7 Å². The zero-order chi connectivity index (χ0) is 14.4. The van der Waals surface area contributed by atoms with Gasteiger partial charge in [-0.2, -0.15) is 0 Å². The molecule has 1 aromatic heterocycles. The smallest absolute Gasteiger partial charge is 0.223 e. The molecule has 1 aromatic rings. The quantitative estimate of drug-likeness (QED) is 0.845. The Balaban J connectivity index is 1.96. The van der Waals surface area contributed by atoms with Crippen LogP contribution in [-0.4, -0.2) is 40.1 Å². The highest BCUT2D eigenvalue weighted by molar-refractivity contribution is 7.13. The van der Waals surface area contributed by atoms with E-state index in [2.05, 4.69) is 15.2 Å². The van der Waals surface area contributed by atoms with E-state index >= 15 is 0 Å². The third-order valence-corrected chi connectivity index (χ3v) is 4.48. The minimum atomic E-state index is -0.0922. The second-order valence-corrected chi connectivity index (χ2v) is 6.17. The van der Waals surface area contributed by atoms with Crippen molar-refractivity contribution in [3.8, 4) is 0 Å². The molecule has 1 fully saturated rings. The highest BCUT2D eigenvalue weighted by Crippen LogP contribution is 2.25. The molecule has 0 radical (unpaired) electrons. The highest BCUT2D eigenvalue weighted by Gasteiger charge is 2.21. The summed E-state index contributed by atoms with van der Waals surface area (Å²) in [5.41, 5.74) is 0.970. The van der Waals surface area contributed by atoms with Crippen LogP contribution in [-0.2, 0) is 11.3 Å². The van der Waals surface area contributed by atoms with Crippen molar-refractivity contribution < 1.29 is 9.90 Å². The van der Waals surface area contributed by atoms with Crippen LogP contribution < -0.4 is 5.32 Å². The first kappa shape index (κ1) is 15.4. The van der Waals surface area contributed by atoms with Crippen LogP contribution in [0.15, 0.2) is 5.38 Å². The van der Waals surface area contributed by atoms with E-state index in [0.717, 1.165) is 12.2 Å². The topological polar surface area (TPSA) is 65.5 Å². The maximum Gasteiger partial charge on any atom is 0.223 e. The van der Waals surface area contributed by atoms with Crippen LogP contribution >= 0.6 is 11.3 Å². The number of nitrogens with one attached hydrogen (secondary N) is 1. The molecule has 0 aliphatic heterocycles. The second kappa shape index (κ2) is 7.71. The number of amides is 1. The molecule has 0 saturated heterocycles. The monoisotopic (exact) mass is 297 g/mol. The average molecular weight is 297 g/mol. The van der Waals surface area contributed by atoms with E-state index in [-0.39, 0.29) is 12.5 Å². The lowest BCUT2D eigenvalue weighted by atomic mass is 9.94. The highest BCUT2D eigenvalue weighted by atomic mass is 32.1. The van der Waals surface area contributed by atoms with Crippen LogP contribution in [0, 0.1) is 0 Å².